The molecule has 0 aliphatic rings. The van der Waals surface area contributed by atoms with Crippen molar-refractivity contribution in [1.29, 1.82) is 0 Å². The van der Waals surface area contributed by atoms with E-state index in [9.17, 15) is 0 Å². The van der Waals surface area contributed by atoms with E-state index in [4.69, 9.17) is 0 Å². The van der Waals surface area contributed by atoms with E-state index in [-0.39, 0.29) is 11.1 Å². The van der Waals surface area contributed by atoms with Crippen molar-refractivity contribution in [2.75, 3.05) is 6.54 Å². The fraction of sp³-hybridized carbons (Fsp3) is 0.625. The zero-order chi connectivity index (χ0) is 13.1. The molecule has 0 spiro atoms. The number of rotatable bonds is 3. The molecule has 0 saturated heterocycles. The fourth-order valence-electron chi connectivity index (χ4n) is 2.56. The molecular formula is C16H27N. The average Bonchev–Trinajstić information content (AvgIpc) is 2.15. The first kappa shape index (κ1) is 14.2. The molecular weight excluding hydrogens is 206 g/mol. The molecule has 1 rings (SSSR count). The second kappa shape index (κ2) is 5.22. The summed E-state index contributed by atoms with van der Waals surface area (Å²) >= 11 is 0. The molecule has 1 nitrogen and oxygen atoms in total. The van der Waals surface area contributed by atoms with Crippen LogP contribution >= 0.6 is 0 Å². The molecule has 17 heavy (non-hydrogen) atoms. The number of nitrogens with zero attached hydrogens (tertiary/aromatic N) is 1. The summed E-state index contributed by atoms with van der Waals surface area (Å²) in [5, 5.41) is 0. The van der Waals surface area contributed by atoms with Crippen molar-refractivity contribution in [3.05, 3.63) is 35.9 Å². The van der Waals surface area contributed by atoms with Gasteiger partial charge in [0.05, 0.1) is 0 Å². The third kappa shape index (κ3) is 4.51. The minimum Gasteiger partial charge on any atom is -0.293 e. The molecule has 0 unspecified atom stereocenters. The number of benzene rings is 1. The van der Waals surface area contributed by atoms with E-state index in [1.807, 2.05) is 0 Å². The number of hydrogen-bond acceptors (Lipinski definition) is 1. The van der Waals surface area contributed by atoms with Gasteiger partial charge in [-0.25, -0.2) is 0 Å². The molecule has 0 bridgehead atoms. The second-order valence-corrected chi connectivity index (χ2v) is 6.73. The van der Waals surface area contributed by atoms with Gasteiger partial charge in [-0.3, -0.25) is 4.90 Å². The van der Waals surface area contributed by atoms with Gasteiger partial charge in [0, 0.05) is 17.6 Å². The van der Waals surface area contributed by atoms with Crippen LogP contribution in [-0.2, 0) is 6.42 Å². The molecule has 0 fully saturated rings. The van der Waals surface area contributed by atoms with Gasteiger partial charge in [-0.2, -0.15) is 0 Å². The Morgan fingerprint density at radius 3 is 1.71 bits per heavy atom. The van der Waals surface area contributed by atoms with Gasteiger partial charge < -0.3 is 0 Å². The molecule has 0 heterocycles. The highest BCUT2D eigenvalue weighted by atomic mass is 15.2. The normalized spacial score (nSPS) is 13.1. The highest BCUT2D eigenvalue weighted by molar-refractivity contribution is 5.15. The van der Waals surface area contributed by atoms with E-state index in [0.717, 1.165) is 13.0 Å². The Balaban J connectivity index is 2.70. The van der Waals surface area contributed by atoms with Crippen LogP contribution < -0.4 is 0 Å². The standard InChI is InChI=1S/C16H27N/c1-15(2,3)17(16(4,5)6)13-12-14-10-8-7-9-11-14/h7-11H,12-13H2,1-6H3. The second-order valence-electron chi connectivity index (χ2n) is 6.73. The van der Waals surface area contributed by atoms with Crippen LogP contribution in [0.3, 0.4) is 0 Å². The van der Waals surface area contributed by atoms with Gasteiger partial charge in [-0.1, -0.05) is 30.3 Å². The topological polar surface area (TPSA) is 3.24 Å². The maximum Gasteiger partial charge on any atom is 0.0130 e. The molecule has 0 saturated carbocycles. The lowest BCUT2D eigenvalue weighted by molar-refractivity contribution is 0.0398. The van der Waals surface area contributed by atoms with Crippen LogP contribution in [0.1, 0.15) is 47.1 Å². The third-order valence-electron chi connectivity index (χ3n) is 3.09. The van der Waals surface area contributed by atoms with Crippen LogP contribution in [0, 0.1) is 0 Å². The van der Waals surface area contributed by atoms with Gasteiger partial charge in [-0.05, 0) is 53.5 Å². The molecule has 0 aromatic heterocycles. The Bertz CT molecular complexity index is 313. The van der Waals surface area contributed by atoms with E-state index in [0.29, 0.717) is 0 Å². The molecule has 0 radical (unpaired) electrons. The zero-order valence-corrected chi connectivity index (χ0v) is 12.2. The summed E-state index contributed by atoms with van der Waals surface area (Å²) in [5.41, 5.74) is 1.85. The quantitative estimate of drug-likeness (QED) is 0.759. The van der Waals surface area contributed by atoms with Crippen LogP contribution in [-0.4, -0.2) is 22.5 Å². The first-order valence-electron chi connectivity index (χ1n) is 6.53. The monoisotopic (exact) mass is 233 g/mol. The van der Waals surface area contributed by atoms with E-state index in [1.54, 1.807) is 0 Å². The summed E-state index contributed by atoms with van der Waals surface area (Å²) in [7, 11) is 0. The maximum atomic E-state index is 2.58. The van der Waals surface area contributed by atoms with E-state index < -0.39 is 0 Å². The Morgan fingerprint density at radius 1 is 0.824 bits per heavy atom. The zero-order valence-electron chi connectivity index (χ0n) is 12.2. The number of hydrogen-bond donors (Lipinski definition) is 0. The summed E-state index contributed by atoms with van der Waals surface area (Å²) in [6.07, 6.45) is 1.12. The van der Waals surface area contributed by atoms with E-state index >= 15 is 0 Å². The summed E-state index contributed by atoms with van der Waals surface area (Å²) < 4.78 is 0. The third-order valence-corrected chi connectivity index (χ3v) is 3.09. The summed E-state index contributed by atoms with van der Waals surface area (Å²) in [4.78, 5) is 2.58. The van der Waals surface area contributed by atoms with Gasteiger partial charge in [-0.15, -0.1) is 0 Å². The molecule has 96 valence electrons. The first-order valence-corrected chi connectivity index (χ1v) is 6.53. The van der Waals surface area contributed by atoms with Crippen molar-refractivity contribution in [3.8, 4) is 0 Å². The SMILES string of the molecule is CC(C)(C)N(CCc1ccccc1)C(C)(C)C. The van der Waals surface area contributed by atoms with Gasteiger partial charge in [0.2, 0.25) is 0 Å². The average molecular weight is 233 g/mol. The van der Waals surface area contributed by atoms with Crippen LogP contribution in [0.4, 0.5) is 0 Å². The van der Waals surface area contributed by atoms with Crippen molar-refractivity contribution in [3.63, 3.8) is 0 Å². The van der Waals surface area contributed by atoms with Gasteiger partial charge in [0.1, 0.15) is 0 Å². The first-order chi connectivity index (χ1) is 7.71. The lowest BCUT2D eigenvalue weighted by Crippen LogP contribution is -2.53. The Labute approximate surface area is 107 Å². The van der Waals surface area contributed by atoms with Crippen molar-refractivity contribution in [1.82, 2.24) is 4.90 Å². The highest BCUT2D eigenvalue weighted by Gasteiger charge is 2.30. The largest absolute Gasteiger partial charge is 0.293 e. The van der Waals surface area contributed by atoms with Gasteiger partial charge in [0.15, 0.2) is 0 Å². The molecule has 0 N–H and O–H groups in total. The van der Waals surface area contributed by atoms with Crippen LogP contribution in [0.15, 0.2) is 30.3 Å². The van der Waals surface area contributed by atoms with E-state index in [1.165, 1.54) is 5.56 Å². The van der Waals surface area contributed by atoms with Crippen molar-refractivity contribution >= 4 is 0 Å². The Morgan fingerprint density at radius 2 is 1.29 bits per heavy atom. The van der Waals surface area contributed by atoms with Crippen LogP contribution in [0.5, 0.6) is 0 Å². The Kier molecular flexibility index (Phi) is 4.37. The van der Waals surface area contributed by atoms with Crippen molar-refractivity contribution in [2.45, 2.75) is 59.0 Å². The molecule has 1 heteroatoms. The van der Waals surface area contributed by atoms with Gasteiger partial charge in [0.25, 0.3) is 0 Å². The van der Waals surface area contributed by atoms with Crippen molar-refractivity contribution < 1.29 is 0 Å². The fourth-order valence-corrected chi connectivity index (χ4v) is 2.56. The lowest BCUT2D eigenvalue weighted by atomic mass is 9.95. The van der Waals surface area contributed by atoms with Crippen molar-refractivity contribution in [2.24, 2.45) is 0 Å². The minimum atomic E-state index is 0.215. The highest BCUT2D eigenvalue weighted by Crippen LogP contribution is 2.24. The minimum absolute atomic E-state index is 0.215. The van der Waals surface area contributed by atoms with Crippen LogP contribution in [0.2, 0.25) is 0 Å². The predicted octanol–water partition coefficient (Wildman–Crippen LogP) is 4.13. The maximum absolute atomic E-state index is 2.58. The summed E-state index contributed by atoms with van der Waals surface area (Å²) in [6.45, 7) is 14.9. The summed E-state index contributed by atoms with van der Waals surface area (Å²) in [6, 6.07) is 10.7. The Hall–Kier alpha value is -0.820. The van der Waals surface area contributed by atoms with Crippen LogP contribution in [0.25, 0.3) is 0 Å². The smallest absolute Gasteiger partial charge is 0.0130 e. The molecule has 0 amide bonds. The molecule has 0 aliphatic heterocycles. The molecule has 1 aromatic carbocycles. The predicted molar refractivity (Wildman–Crippen MR) is 76.4 cm³/mol. The lowest BCUT2D eigenvalue weighted by Gasteiger charge is -2.45. The molecule has 0 aliphatic carbocycles. The molecule has 0 atom stereocenters. The van der Waals surface area contributed by atoms with Gasteiger partial charge >= 0.3 is 0 Å². The summed E-state index contributed by atoms with van der Waals surface area (Å²) in [5.74, 6) is 0. The van der Waals surface area contributed by atoms with E-state index in [2.05, 4.69) is 76.8 Å². The molecule has 1 aromatic rings.